The molecule has 0 spiro atoms. The van der Waals surface area contributed by atoms with Crippen LogP contribution in [-0.4, -0.2) is 37.5 Å². The van der Waals surface area contributed by atoms with Gasteiger partial charge >= 0.3 is 0 Å². The van der Waals surface area contributed by atoms with E-state index in [1.165, 1.54) is 11.1 Å². The fourth-order valence-electron chi connectivity index (χ4n) is 4.16. The van der Waals surface area contributed by atoms with Crippen molar-refractivity contribution in [3.05, 3.63) is 88.5 Å². The molecule has 2 amide bonds. The van der Waals surface area contributed by atoms with E-state index in [0.29, 0.717) is 17.2 Å². The molecule has 0 unspecified atom stereocenters. The molecule has 0 radical (unpaired) electrons. The van der Waals surface area contributed by atoms with Crippen molar-refractivity contribution < 1.29 is 19.1 Å². The Morgan fingerprint density at radius 1 is 0.939 bits per heavy atom. The van der Waals surface area contributed by atoms with Gasteiger partial charge in [0.05, 0.1) is 25.3 Å². The van der Waals surface area contributed by atoms with Gasteiger partial charge in [-0.15, -0.1) is 0 Å². The van der Waals surface area contributed by atoms with Gasteiger partial charge in [-0.25, -0.2) is 0 Å². The topological polar surface area (TPSA) is 93.9 Å². The first-order valence-electron chi connectivity index (χ1n) is 10.7. The SMILES string of the molecule is COc1ccc(CN2CCc3ccc(NC(=O)c4ccccc4C(N)=O)cc3C2)cc1OC. The molecule has 0 saturated carbocycles. The Hall–Kier alpha value is -3.84. The molecule has 33 heavy (non-hydrogen) atoms. The van der Waals surface area contributed by atoms with E-state index in [1.54, 1.807) is 38.5 Å². The minimum atomic E-state index is -0.628. The zero-order valence-corrected chi connectivity index (χ0v) is 18.8. The van der Waals surface area contributed by atoms with Crippen molar-refractivity contribution >= 4 is 17.5 Å². The van der Waals surface area contributed by atoms with Crippen LogP contribution in [0.3, 0.4) is 0 Å². The number of rotatable bonds is 7. The summed E-state index contributed by atoms with van der Waals surface area (Å²) in [5, 5.41) is 2.90. The monoisotopic (exact) mass is 445 g/mol. The highest BCUT2D eigenvalue weighted by molar-refractivity contribution is 6.11. The molecular formula is C26H27N3O4. The van der Waals surface area contributed by atoms with E-state index in [9.17, 15) is 9.59 Å². The van der Waals surface area contributed by atoms with E-state index in [4.69, 9.17) is 15.2 Å². The van der Waals surface area contributed by atoms with E-state index < -0.39 is 5.91 Å². The Kier molecular flexibility index (Phi) is 6.60. The molecule has 3 aromatic carbocycles. The van der Waals surface area contributed by atoms with E-state index in [1.807, 2.05) is 30.3 Å². The highest BCUT2D eigenvalue weighted by Crippen LogP contribution is 2.29. The molecule has 7 heteroatoms. The lowest BCUT2D eigenvalue weighted by Crippen LogP contribution is -2.30. The number of carbonyl (C=O) groups excluding carboxylic acids is 2. The van der Waals surface area contributed by atoms with Crippen LogP contribution in [0.4, 0.5) is 5.69 Å². The number of ether oxygens (including phenoxy) is 2. The van der Waals surface area contributed by atoms with Gasteiger partial charge in [-0.1, -0.05) is 24.3 Å². The third-order valence-corrected chi connectivity index (χ3v) is 5.85. The normalized spacial score (nSPS) is 13.2. The maximum absolute atomic E-state index is 12.8. The lowest BCUT2D eigenvalue weighted by atomic mass is 9.98. The lowest BCUT2D eigenvalue weighted by molar-refractivity contribution is 0.0977. The van der Waals surface area contributed by atoms with E-state index in [-0.39, 0.29) is 17.0 Å². The third-order valence-electron chi connectivity index (χ3n) is 5.85. The number of nitrogens with zero attached hydrogens (tertiary/aromatic N) is 1. The predicted molar refractivity (Wildman–Crippen MR) is 127 cm³/mol. The zero-order chi connectivity index (χ0) is 23.4. The number of carbonyl (C=O) groups is 2. The smallest absolute Gasteiger partial charge is 0.256 e. The van der Waals surface area contributed by atoms with Gasteiger partial charge in [-0.2, -0.15) is 0 Å². The summed E-state index contributed by atoms with van der Waals surface area (Å²) < 4.78 is 10.7. The largest absolute Gasteiger partial charge is 0.493 e. The number of methoxy groups -OCH3 is 2. The minimum absolute atomic E-state index is 0.203. The van der Waals surface area contributed by atoms with Crippen LogP contribution < -0.4 is 20.5 Å². The van der Waals surface area contributed by atoms with Crippen LogP contribution >= 0.6 is 0 Å². The van der Waals surface area contributed by atoms with E-state index in [0.717, 1.165) is 31.6 Å². The third kappa shape index (κ3) is 4.99. The van der Waals surface area contributed by atoms with Gasteiger partial charge in [-0.05, 0) is 59.5 Å². The van der Waals surface area contributed by atoms with Gasteiger partial charge in [0, 0.05) is 25.3 Å². The van der Waals surface area contributed by atoms with Gasteiger partial charge < -0.3 is 20.5 Å². The first-order chi connectivity index (χ1) is 16.0. The number of primary amides is 1. The second kappa shape index (κ2) is 9.75. The van der Waals surface area contributed by atoms with E-state index >= 15 is 0 Å². The lowest BCUT2D eigenvalue weighted by Gasteiger charge is -2.29. The van der Waals surface area contributed by atoms with Crippen LogP contribution in [0.5, 0.6) is 11.5 Å². The molecular weight excluding hydrogens is 418 g/mol. The summed E-state index contributed by atoms with van der Waals surface area (Å²) in [4.78, 5) is 26.8. The zero-order valence-electron chi connectivity index (χ0n) is 18.8. The van der Waals surface area contributed by atoms with Crippen LogP contribution in [0.1, 0.15) is 37.4 Å². The van der Waals surface area contributed by atoms with Crippen LogP contribution in [0, 0.1) is 0 Å². The number of amides is 2. The van der Waals surface area contributed by atoms with Crippen molar-refractivity contribution in [2.45, 2.75) is 19.5 Å². The number of nitrogens with one attached hydrogen (secondary N) is 1. The molecule has 0 atom stereocenters. The van der Waals surface area contributed by atoms with Crippen molar-refractivity contribution in [1.29, 1.82) is 0 Å². The number of anilines is 1. The molecule has 3 aromatic rings. The van der Waals surface area contributed by atoms with Crippen molar-refractivity contribution in [2.24, 2.45) is 5.73 Å². The maximum atomic E-state index is 12.8. The molecule has 1 aliphatic heterocycles. The average molecular weight is 446 g/mol. The Morgan fingerprint density at radius 2 is 1.70 bits per heavy atom. The summed E-state index contributed by atoms with van der Waals surface area (Å²) in [5.74, 6) is 0.441. The standard InChI is InChI=1S/C26H27N3O4/c1-32-23-10-7-17(13-24(23)33-2)15-29-12-11-18-8-9-20(14-19(18)16-29)28-26(31)22-6-4-3-5-21(22)25(27)30/h3-10,13-14H,11-12,15-16H2,1-2H3,(H2,27,30)(H,28,31). The summed E-state index contributed by atoms with van der Waals surface area (Å²) in [6.45, 7) is 2.49. The molecule has 0 bridgehead atoms. The van der Waals surface area contributed by atoms with Crippen LogP contribution in [0.25, 0.3) is 0 Å². The second-order valence-corrected chi connectivity index (χ2v) is 8.00. The number of hydrogen-bond acceptors (Lipinski definition) is 5. The fraction of sp³-hybridized carbons (Fsp3) is 0.231. The highest BCUT2D eigenvalue weighted by Gasteiger charge is 2.19. The molecule has 4 rings (SSSR count). The van der Waals surface area contributed by atoms with Crippen molar-refractivity contribution in [3.8, 4) is 11.5 Å². The summed E-state index contributed by atoms with van der Waals surface area (Å²) in [6, 6.07) is 18.5. The molecule has 0 fully saturated rings. The number of nitrogens with two attached hydrogens (primary N) is 1. The van der Waals surface area contributed by atoms with Crippen LogP contribution in [0.15, 0.2) is 60.7 Å². The molecule has 0 aliphatic carbocycles. The van der Waals surface area contributed by atoms with Gasteiger partial charge in [0.1, 0.15) is 0 Å². The average Bonchev–Trinajstić information content (AvgIpc) is 2.83. The highest BCUT2D eigenvalue weighted by atomic mass is 16.5. The summed E-state index contributed by atoms with van der Waals surface area (Å²) in [5.41, 5.74) is 10.1. The van der Waals surface area contributed by atoms with Crippen molar-refractivity contribution in [2.75, 3.05) is 26.1 Å². The Bertz CT molecular complexity index is 1190. The van der Waals surface area contributed by atoms with Crippen molar-refractivity contribution in [3.63, 3.8) is 0 Å². The van der Waals surface area contributed by atoms with E-state index in [2.05, 4.69) is 16.3 Å². The summed E-state index contributed by atoms with van der Waals surface area (Å²) in [6.07, 6.45) is 0.932. The first kappa shape index (κ1) is 22.4. The fourth-order valence-corrected chi connectivity index (χ4v) is 4.16. The molecule has 0 aromatic heterocycles. The number of fused-ring (bicyclic) bond motifs is 1. The Morgan fingerprint density at radius 3 is 2.42 bits per heavy atom. The van der Waals surface area contributed by atoms with Gasteiger partial charge in [0.25, 0.3) is 5.91 Å². The maximum Gasteiger partial charge on any atom is 0.256 e. The second-order valence-electron chi connectivity index (χ2n) is 8.00. The van der Waals surface area contributed by atoms with Crippen LogP contribution in [0.2, 0.25) is 0 Å². The predicted octanol–water partition coefficient (Wildman–Crippen LogP) is 3.61. The van der Waals surface area contributed by atoms with Gasteiger partial charge in [0.15, 0.2) is 11.5 Å². The molecule has 7 nitrogen and oxygen atoms in total. The number of benzene rings is 3. The summed E-state index contributed by atoms with van der Waals surface area (Å²) in [7, 11) is 3.26. The molecule has 3 N–H and O–H groups in total. The quantitative estimate of drug-likeness (QED) is 0.579. The molecule has 1 heterocycles. The Balaban J connectivity index is 1.48. The Labute approximate surface area is 193 Å². The first-order valence-corrected chi connectivity index (χ1v) is 10.7. The van der Waals surface area contributed by atoms with Crippen LogP contribution in [-0.2, 0) is 19.5 Å². The molecule has 170 valence electrons. The molecule has 0 saturated heterocycles. The molecule has 1 aliphatic rings. The van der Waals surface area contributed by atoms with Gasteiger partial charge in [0.2, 0.25) is 5.91 Å². The van der Waals surface area contributed by atoms with Gasteiger partial charge in [-0.3, -0.25) is 14.5 Å². The minimum Gasteiger partial charge on any atom is -0.493 e. The summed E-state index contributed by atoms with van der Waals surface area (Å²) >= 11 is 0. The number of hydrogen-bond donors (Lipinski definition) is 2. The van der Waals surface area contributed by atoms with Crippen molar-refractivity contribution in [1.82, 2.24) is 4.90 Å².